The molecule has 2 rings (SSSR count). The molecule has 0 saturated carbocycles. The van der Waals surface area contributed by atoms with E-state index < -0.39 is 6.10 Å². The van der Waals surface area contributed by atoms with Gasteiger partial charge >= 0.3 is 5.97 Å². The molecule has 1 N–H and O–H groups in total. The van der Waals surface area contributed by atoms with Crippen LogP contribution in [0.2, 0.25) is 0 Å². The van der Waals surface area contributed by atoms with Gasteiger partial charge in [0, 0.05) is 6.04 Å². The summed E-state index contributed by atoms with van der Waals surface area (Å²) in [6.45, 7) is 4.90. The minimum absolute atomic E-state index is 0.353. The Bertz CT molecular complexity index is 487. The Morgan fingerprint density at radius 2 is 2.29 bits per heavy atom. The Morgan fingerprint density at radius 3 is 3.00 bits per heavy atom. The maximum atomic E-state index is 11.5. The highest BCUT2D eigenvalue weighted by molar-refractivity contribution is 5.74. The number of esters is 1. The number of hydrogen-bond acceptors (Lipinski definition) is 4. The largest absolute Gasteiger partial charge is 0.479 e. The molecular weight excluding hydrogens is 266 g/mol. The summed E-state index contributed by atoms with van der Waals surface area (Å²) in [7, 11) is 1.37. The van der Waals surface area contributed by atoms with E-state index in [1.165, 1.54) is 24.7 Å². The second-order valence-electron chi connectivity index (χ2n) is 5.54. The lowest BCUT2D eigenvalue weighted by atomic mass is 9.87. The summed E-state index contributed by atoms with van der Waals surface area (Å²) in [6, 6.07) is 6.53. The van der Waals surface area contributed by atoms with Gasteiger partial charge in [-0.05, 0) is 62.4 Å². The zero-order valence-corrected chi connectivity index (χ0v) is 13.1. The van der Waals surface area contributed by atoms with Crippen molar-refractivity contribution in [2.24, 2.45) is 0 Å². The van der Waals surface area contributed by atoms with Crippen molar-refractivity contribution < 1.29 is 14.3 Å². The molecule has 0 amide bonds. The molecule has 116 valence electrons. The summed E-state index contributed by atoms with van der Waals surface area (Å²) >= 11 is 0. The van der Waals surface area contributed by atoms with Crippen LogP contribution in [0.1, 0.15) is 50.3 Å². The van der Waals surface area contributed by atoms with Crippen LogP contribution in [0.15, 0.2) is 18.2 Å². The van der Waals surface area contributed by atoms with Gasteiger partial charge in [0.15, 0.2) is 6.10 Å². The zero-order valence-electron chi connectivity index (χ0n) is 13.1. The number of carbonyl (C=O) groups excluding carboxylic acids is 1. The van der Waals surface area contributed by atoms with E-state index in [0.29, 0.717) is 6.04 Å². The number of rotatable bonds is 6. The van der Waals surface area contributed by atoms with E-state index in [1.807, 2.05) is 6.07 Å². The molecule has 1 aromatic rings. The first-order valence-electron chi connectivity index (χ1n) is 7.76. The molecule has 1 aromatic carbocycles. The first-order valence-corrected chi connectivity index (χ1v) is 7.76. The van der Waals surface area contributed by atoms with Crippen LogP contribution in [-0.2, 0) is 16.0 Å². The molecule has 1 aliphatic carbocycles. The highest BCUT2D eigenvalue weighted by atomic mass is 16.6. The number of fused-ring (bicyclic) bond motifs is 1. The molecule has 0 aromatic heterocycles. The maximum Gasteiger partial charge on any atom is 0.346 e. The van der Waals surface area contributed by atoms with Gasteiger partial charge in [0.1, 0.15) is 5.75 Å². The van der Waals surface area contributed by atoms with Gasteiger partial charge in [-0.25, -0.2) is 4.79 Å². The van der Waals surface area contributed by atoms with Gasteiger partial charge in [0.2, 0.25) is 0 Å². The average Bonchev–Trinajstić information content (AvgIpc) is 2.51. The van der Waals surface area contributed by atoms with Crippen molar-refractivity contribution in [1.82, 2.24) is 5.32 Å². The SMILES string of the molecule is CCCNC1CCCc2ccc(OC(C)C(=O)OC)cc21. The smallest absolute Gasteiger partial charge is 0.346 e. The van der Waals surface area contributed by atoms with Crippen molar-refractivity contribution in [2.75, 3.05) is 13.7 Å². The highest BCUT2D eigenvalue weighted by Gasteiger charge is 2.21. The number of ether oxygens (including phenoxy) is 2. The molecule has 4 nitrogen and oxygen atoms in total. The predicted octanol–water partition coefficient (Wildman–Crippen LogP) is 3.00. The third-order valence-corrected chi connectivity index (χ3v) is 3.92. The monoisotopic (exact) mass is 291 g/mol. The van der Waals surface area contributed by atoms with Crippen LogP contribution in [0.3, 0.4) is 0 Å². The molecular formula is C17H25NO3. The maximum absolute atomic E-state index is 11.5. The van der Waals surface area contributed by atoms with E-state index in [4.69, 9.17) is 9.47 Å². The summed E-state index contributed by atoms with van der Waals surface area (Å²) in [5.41, 5.74) is 2.69. The van der Waals surface area contributed by atoms with Crippen LogP contribution < -0.4 is 10.1 Å². The number of methoxy groups -OCH3 is 1. The van der Waals surface area contributed by atoms with Crippen LogP contribution in [0.25, 0.3) is 0 Å². The highest BCUT2D eigenvalue weighted by Crippen LogP contribution is 2.32. The van der Waals surface area contributed by atoms with Gasteiger partial charge in [-0.3, -0.25) is 0 Å². The number of hydrogen-bond donors (Lipinski definition) is 1. The van der Waals surface area contributed by atoms with E-state index >= 15 is 0 Å². The minimum Gasteiger partial charge on any atom is -0.479 e. The van der Waals surface area contributed by atoms with Crippen molar-refractivity contribution in [2.45, 2.75) is 51.7 Å². The standard InChI is InChI=1S/C17H25NO3/c1-4-10-18-16-7-5-6-13-8-9-14(11-15(13)16)21-12(2)17(19)20-3/h8-9,11-12,16,18H,4-7,10H2,1-3H3. The van der Waals surface area contributed by atoms with Crippen LogP contribution in [0.4, 0.5) is 0 Å². The van der Waals surface area contributed by atoms with Crippen LogP contribution in [0, 0.1) is 0 Å². The molecule has 0 aliphatic heterocycles. The average molecular weight is 291 g/mol. The van der Waals surface area contributed by atoms with Crippen LogP contribution >= 0.6 is 0 Å². The second kappa shape index (κ2) is 7.46. The topological polar surface area (TPSA) is 47.6 Å². The molecule has 4 heteroatoms. The number of carbonyl (C=O) groups is 1. The molecule has 0 heterocycles. The summed E-state index contributed by atoms with van der Waals surface area (Å²) in [5, 5.41) is 3.59. The van der Waals surface area contributed by atoms with Gasteiger partial charge in [-0.1, -0.05) is 13.0 Å². The lowest BCUT2D eigenvalue weighted by Gasteiger charge is -2.27. The Kier molecular flexibility index (Phi) is 5.62. The number of nitrogens with one attached hydrogen (secondary N) is 1. The predicted molar refractivity (Wildman–Crippen MR) is 82.5 cm³/mol. The molecule has 21 heavy (non-hydrogen) atoms. The Balaban J connectivity index is 2.14. The van der Waals surface area contributed by atoms with E-state index in [-0.39, 0.29) is 5.97 Å². The third-order valence-electron chi connectivity index (χ3n) is 3.92. The summed E-state index contributed by atoms with van der Waals surface area (Å²) in [4.78, 5) is 11.5. The first-order chi connectivity index (χ1) is 10.2. The molecule has 0 radical (unpaired) electrons. The Morgan fingerprint density at radius 1 is 1.48 bits per heavy atom. The van der Waals surface area contributed by atoms with Crippen LogP contribution in [-0.4, -0.2) is 25.7 Å². The number of aryl methyl sites for hydroxylation is 1. The molecule has 0 spiro atoms. The number of benzene rings is 1. The summed E-state index contributed by atoms with van der Waals surface area (Å²) in [5.74, 6) is 0.380. The Labute approximate surface area is 126 Å². The quantitative estimate of drug-likeness (QED) is 0.819. The fourth-order valence-electron chi connectivity index (χ4n) is 2.80. The van der Waals surface area contributed by atoms with Gasteiger partial charge in [-0.15, -0.1) is 0 Å². The molecule has 0 saturated heterocycles. The fraction of sp³-hybridized carbons (Fsp3) is 0.588. The molecule has 0 bridgehead atoms. The van der Waals surface area contributed by atoms with Crippen molar-refractivity contribution in [1.29, 1.82) is 0 Å². The second-order valence-corrected chi connectivity index (χ2v) is 5.54. The minimum atomic E-state index is -0.585. The molecule has 2 atom stereocenters. The van der Waals surface area contributed by atoms with E-state index in [0.717, 1.165) is 31.6 Å². The van der Waals surface area contributed by atoms with Crippen molar-refractivity contribution in [3.63, 3.8) is 0 Å². The van der Waals surface area contributed by atoms with Crippen molar-refractivity contribution in [3.05, 3.63) is 29.3 Å². The van der Waals surface area contributed by atoms with E-state index in [9.17, 15) is 4.79 Å². The van der Waals surface area contributed by atoms with Crippen molar-refractivity contribution >= 4 is 5.97 Å². The fourth-order valence-corrected chi connectivity index (χ4v) is 2.80. The van der Waals surface area contributed by atoms with Crippen LogP contribution in [0.5, 0.6) is 5.75 Å². The summed E-state index contributed by atoms with van der Waals surface area (Å²) < 4.78 is 10.4. The summed E-state index contributed by atoms with van der Waals surface area (Å²) in [6.07, 6.45) is 4.03. The van der Waals surface area contributed by atoms with Gasteiger partial charge in [-0.2, -0.15) is 0 Å². The lowest BCUT2D eigenvalue weighted by molar-refractivity contribution is -0.147. The first kappa shape index (κ1) is 15.8. The van der Waals surface area contributed by atoms with E-state index in [2.05, 4.69) is 24.4 Å². The normalized spacial score (nSPS) is 18.7. The third kappa shape index (κ3) is 3.97. The zero-order chi connectivity index (χ0) is 15.2. The van der Waals surface area contributed by atoms with Gasteiger partial charge in [0.05, 0.1) is 7.11 Å². The van der Waals surface area contributed by atoms with Gasteiger partial charge < -0.3 is 14.8 Å². The molecule has 0 fully saturated rings. The lowest BCUT2D eigenvalue weighted by Crippen LogP contribution is -2.27. The molecule has 2 unspecified atom stereocenters. The molecule has 1 aliphatic rings. The van der Waals surface area contributed by atoms with Crippen molar-refractivity contribution in [3.8, 4) is 5.75 Å². The Hall–Kier alpha value is -1.55. The van der Waals surface area contributed by atoms with Gasteiger partial charge in [0.25, 0.3) is 0 Å². The van der Waals surface area contributed by atoms with E-state index in [1.54, 1.807) is 6.92 Å².